The Morgan fingerprint density at radius 1 is 0.824 bits per heavy atom. The number of halogens is 1. The van der Waals surface area contributed by atoms with Gasteiger partial charge in [-0.1, -0.05) is 94.8 Å². The van der Waals surface area contributed by atoms with Gasteiger partial charge in [0.2, 0.25) is 0 Å². The zero-order chi connectivity index (χ0) is 23.3. The molecule has 34 heavy (non-hydrogen) atoms. The summed E-state index contributed by atoms with van der Waals surface area (Å²) in [4.78, 5) is 12.4. The lowest BCUT2D eigenvalue weighted by Gasteiger charge is -2.23. The van der Waals surface area contributed by atoms with Crippen molar-refractivity contribution in [2.24, 2.45) is 5.10 Å². The zero-order valence-electron chi connectivity index (χ0n) is 18.5. The van der Waals surface area contributed by atoms with E-state index in [4.69, 9.17) is 5.10 Å². The highest BCUT2D eigenvalue weighted by molar-refractivity contribution is 9.10. The Morgan fingerprint density at radius 2 is 1.47 bits per heavy atom. The third kappa shape index (κ3) is 4.92. The SMILES string of the molecule is O=C(/C=C/c1ccc(C2=NN(c3ccccc3)[C@H](c3ccccc3)C2)cc1)c1ccc(Br)cc1. The van der Waals surface area contributed by atoms with Crippen molar-refractivity contribution in [3.8, 4) is 0 Å². The first kappa shape index (κ1) is 22.1. The van der Waals surface area contributed by atoms with Crippen LogP contribution in [0.4, 0.5) is 5.69 Å². The minimum Gasteiger partial charge on any atom is -0.289 e. The first-order chi connectivity index (χ1) is 16.7. The maximum atomic E-state index is 12.4. The van der Waals surface area contributed by atoms with Gasteiger partial charge in [-0.05, 0) is 59.2 Å². The summed E-state index contributed by atoms with van der Waals surface area (Å²) < 4.78 is 0.957. The van der Waals surface area contributed by atoms with Gasteiger partial charge in [0.05, 0.1) is 17.4 Å². The lowest BCUT2D eigenvalue weighted by atomic mass is 9.97. The van der Waals surface area contributed by atoms with Gasteiger partial charge < -0.3 is 0 Å². The Kier molecular flexibility index (Phi) is 6.50. The number of carbonyl (C=O) groups is 1. The van der Waals surface area contributed by atoms with Crippen LogP contribution in [-0.4, -0.2) is 11.5 Å². The zero-order valence-corrected chi connectivity index (χ0v) is 20.1. The second kappa shape index (κ2) is 10.0. The molecule has 0 spiro atoms. The molecule has 0 fully saturated rings. The van der Waals surface area contributed by atoms with Crippen molar-refractivity contribution in [3.05, 3.63) is 142 Å². The first-order valence-electron chi connectivity index (χ1n) is 11.2. The molecule has 5 rings (SSSR count). The summed E-state index contributed by atoms with van der Waals surface area (Å²) >= 11 is 3.40. The van der Waals surface area contributed by atoms with Crippen molar-refractivity contribution in [3.63, 3.8) is 0 Å². The molecule has 0 radical (unpaired) electrons. The summed E-state index contributed by atoms with van der Waals surface area (Å²) in [5.74, 6) is -0.0130. The summed E-state index contributed by atoms with van der Waals surface area (Å²) in [6.07, 6.45) is 4.30. The highest BCUT2D eigenvalue weighted by Gasteiger charge is 2.29. The van der Waals surface area contributed by atoms with Crippen molar-refractivity contribution in [2.45, 2.75) is 12.5 Å². The van der Waals surface area contributed by atoms with Gasteiger partial charge in [0.15, 0.2) is 5.78 Å². The average molecular weight is 507 g/mol. The van der Waals surface area contributed by atoms with Crippen LogP contribution in [0.1, 0.15) is 39.5 Å². The van der Waals surface area contributed by atoms with Crippen LogP contribution in [0.25, 0.3) is 6.08 Å². The molecule has 0 saturated heterocycles. The number of ketones is 1. The molecular weight excluding hydrogens is 484 g/mol. The Morgan fingerprint density at radius 3 is 2.15 bits per heavy atom. The molecule has 0 unspecified atom stereocenters. The Bertz CT molecular complexity index is 1330. The molecule has 1 atom stereocenters. The van der Waals surface area contributed by atoms with Crippen molar-refractivity contribution in [2.75, 3.05) is 5.01 Å². The van der Waals surface area contributed by atoms with E-state index >= 15 is 0 Å². The topological polar surface area (TPSA) is 32.7 Å². The predicted molar refractivity (Wildman–Crippen MR) is 143 cm³/mol. The number of hydrogen-bond acceptors (Lipinski definition) is 3. The highest BCUT2D eigenvalue weighted by atomic mass is 79.9. The number of hydrazone groups is 1. The van der Waals surface area contributed by atoms with E-state index in [0.29, 0.717) is 5.56 Å². The molecule has 3 nitrogen and oxygen atoms in total. The molecule has 4 heteroatoms. The minimum absolute atomic E-state index is 0.0130. The molecule has 1 aliphatic heterocycles. The predicted octanol–water partition coefficient (Wildman–Crippen LogP) is 7.70. The summed E-state index contributed by atoms with van der Waals surface area (Å²) in [5.41, 5.74) is 6.13. The third-order valence-corrected chi connectivity index (χ3v) is 6.44. The van der Waals surface area contributed by atoms with Crippen molar-refractivity contribution >= 4 is 39.2 Å². The summed E-state index contributed by atoms with van der Waals surface area (Å²) in [7, 11) is 0. The van der Waals surface area contributed by atoms with Crippen LogP contribution < -0.4 is 5.01 Å². The molecule has 0 aliphatic carbocycles. The van der Waals surface area contributed by atoms with Crippen LogP contribution in [0.5, 0.6) is 0 Å². The number of rotatable bonds is 6. The van der Waals surface area contributed by atoms with E-state index in [2.05, 4.69) is 69.5 Å². The van der Waals surface area contributed by atoms with Crippen LogP contribution in [-0.2, 0) is 0 Å². The lowest BCUT2D eigenvalue weighted by Crippen LogP contribution is -2.18. The maximum absolute atomic E-state index is 12.4. The van der Waals surface area contributed by atoms with E-state index in [-0.39, 0.29) is 11.8 Å². The molecule has 4 aromatic carbocycles. The van der Waals surface area contributed by atoms with Crippen LogP contribution in [0.3, 0.4) is 0 Å². The first-order valence-corrected chi connectivity index (χ1v) is 12.0. The number of anilines is 1. The number of para-hydroxylation sites is 1. The minimum atomic E-state index is -0.0130. The van der Waals surface area contributed by atoms with Crippen molar-refractivity contribution < 1.29 is 4.79 Å². The fourth-order valence-electron chi connectivity index (χ4n) is 4.11. The molecule has 0 aromatic heterocycles. The molecule has 1 aliphatic rings. The third-order valence-electron chi connectivity index (χ3n) is 5.92. The largest absolute Gasteiger partial charge is 0.289 e. The van der Waals surface area contributed by atoms with Gasteiger partial charge >= 0.3 is 0 Å². The Balaban J connectivity index is 1.36. The monoisotopic (exact) mass is 506 g/mol. The number of carbonyl (C=O) groups excluding carboxylic acids is 1. The highest BCUT2D eigenvalue weighted by Crippen LogP contribution is 2.36. The number of allylic oxidation sites excluding steroid dienone is 1. The average Bonchev–Trinajstić information content (AvgIpc) is 3.35. The molecule has 166 valence electrons. The second-order valence-corrected chi connectivity index (χ2v) is 9.10. The number of benzene rings is 4. The lowest BCUT2D eigenvalue weighted by molar-refractivity contribution is 0.104. The van der Waals surface area contributed by atoms with Gasteiger partial charge in [0, 0.05) is 16.5 Å². The molecule has 0 N–H and O–H groups in total. The van der Waals surface area contributed by atoms with Gasteiger partial charge in [-0.15, -0.1) is 0 Å². The Labute approximate surface area is 208 Å². The van der Waals surface area contributed by atoms with E-state index < -0.39 is 0 Å². The van der Waals surface area contributed by atoms with Crippen molar-refractivity contribution in [1.29, 1.82) is 0 Å². The van der Waals surface area contributed by atoms with Gasteiger partial charge in [-0.3, -0.25) is 9.80 Å². The number of hydrogen-bond donors (Lipinski definition) is 0. The molecule has 4 aromatic rings. The standard InChI is InChI=1S/C30H23BrN2O/c31-26-18-16-25(17-19-26)30(34)20-13-22-11-14-23(15-12-22)28-21-29(24-7-3-1-4-8-24)33(32-28)27-9-5-2-6-10-27/h1-20,29H,21H2/b20-13+/t29-/m0/s1. The van der Waals surface area contributed by atoms with E-state index in [1.807, 2.05) is 66.7 Å². The fourth-order valence-corrected chi connectivity index (χ4v) is 4.37. The van der Waals surface area contributed by atoms with E-state index in [9.17, 15) is 4.79 Å². The van der Waals surface area contributed by atoms with Crippen LogP contribution in [0.2, 0.25) is 0 Å². The quantitative estimate of drug-likeness (QED) is 0.198. The molecule has 1 heterocycles. The van der Waals surface area contributed by atoms with Crippen LogP contribution in [0.15, 0.2) is 125 Å². The maximum Gasteiger partial charge on any atom is 0.185 e. The second-order valence-electron chi connectivity index (χ2n) is 8.18. The van der Waals surface area contributed by atoms with Gasteiger partial charge in [0.25, 0.3) is 0 Å². The fraction of sp³-hybridized carbons (Fsp3) is 0.0667. The van der Waals surface area contributed by atoms with Crippen LogP contribution >= 0.6 is 15.9 Å². The normalized spacial score (nSPS) is 15.5. The van der Waals surface area contributed by atoms with Gasteiger partial charge in [0.1, 0.15) is 0 Å². The molecule has 0 saturated carbocycles. The Hall–Kier alpha value is -3.76. The van der Waals surface area contributed by atoms with E-state index in [1.165, 1.54) is 5.56 Å². The smallest absolute Gasteiger partial charge is 0.185 e. The van der Waals surface area contributed by atoms with E-state index in [0.717, 1.165) is 33.4 Å². The van der Waals surface area contributed by atoms with Gasteiger partial charge in [-0.25, -0.2) is 0 Å². The van der Waals surface area contributed by atoms with E-state index in [1.54, 1.807) is 6.08 Å². The summed E-state index contributed by atoms with van der Waals surface area (Å²) in [6, 6.07) is 36.6. The van der Waals surface area contributed by atoms with Gasteiger partial charge in [-0.2, -0.15) is 5.10 Å². The summed E-state index contributed by atoms with van der Waals surface area (Å²) in [6.45, 7) is 0. The molecule has 0 bridgehead atoms. The van der Waals surface area contributed by atoms with Crippen molar-refractivity contribution in [1.82, 2.24) is 0 Å². The van der Waals surface area contributed by atoms with Crippen LogP contribution in [0, 0.1) is 0 Å². The molecular formula is C30H23BrN2O. The summed E-state index contributed by atoms with van der Waals surface area (Å²) in [5, 5.41) is 7.13. The number of nitrogens with zero attached hydrogens (tertiary/aromatic N) is 2. The molecule has 0 amide bonds.